The molecule has 0 atom stereocenters. The van der Waals surface area contributed by atoms with Crippen LogP contribution in [0.2, 0.25) is 0 Å². The van der Waals surface area contributed by atoms with Crippen LogP contribution in [0.3, 0.4) is 0 Å². The van der Waals surface area contributed by atoms with Crippen molar-refractivity contribution in [3.05, 3.63) is 96.3 Å². The molecule has 0 fully saturated rings. The molecule has 4 rings (SSSR count). The number of aromatic nitrogens is 2. The molecule has 0 bridgehead atoms. The van der Waals surface area contributed by atoms with E-state index in [0.29, 0.717) is 11.8 Å². The average Bonchev–Trinajstić information content (AvgIpc) is 3.07. The normalized spacial score (nSPS) is 10.7. The topological polar surface area (TPSA) is 62.7 Å². The summed E-state index contributed by atoms with van der Waals surface area (Å²) in [5, 5.41) is 0. The number of benzene rings is 2. The van der Waals surface area contributed by atoms with Gasteiger partial charge in [-0.15, -0.1) is 0 Å². The second kappa shape index (κ2) is 24.2. The molecule has 0 saturated heterocycles. The molecule has 0 spiro atoms. The summed E-state index contributed by atoms with van der Waals surface area (Å²) in [6.07, 6.45) is 3.40. The molecule has 292 valence electrons. The molecule has 2 heterocycles. The first kappa shape index (κ1) is 50.0. The Hall–Kier alpha value is -4.06. The molecule has 0 radical (unpaired) electrons. The van der Waals surface area contributed by atoms with Crippen LogP contribution in [0.5, 0.6) is 34.8 Å². The quantitative estimate of drug-likeness (QED) is 0.198. The number of rotatable bonds is 6. The zero-order valence-corrected chi connectivity index (χ0v) is 36.6. The molecular weight excluding hydrogens is 645 g/mol. The maximum absolute atomic E-state index is 5.95. The predicted molar refractivity (Wildman–Crippen MR) is 225 cm³/mol. The first-order chi connectivity index (χ1) is 24.3. The average molecular weight is 719 g/mol. The van der Waals surface area contributed by atoms with Gasteiger partial charge in [0.2, 0.25) is 11.8 Å². The first-order valence-corrected chi connectivity index (χ1v) is 19.1. The van der Waals surface area contributed by atoms with Gasteiger partial charge < -0.3 is 18.9 Å². The highest BCUT2D eigenvalue weighted by atomic mass is 16.5. The van der Waals surface area contributed by atoms with Crippen molar-refractivity contribution in [1.82, 2.24) is 9.97 Å². The summed E-state index contributed by atoms with van der Waals surface area (Å²) in [5.41, 5.74) is 2.13. The molecular formula is C46H74N2O4. The van der Waals surface area contributed by atoms with Crippen LogP contribution in [0.1, 0.15) is 150 Å². The van der Waals surface area contributed by atoms with Crippen LogP contribution in [-0.2, 0) is 10.8 Å². The fourth-order valence-electron chi connectivity index (χ4n) is 4.00. The lowest BCUT2D eigenvalue weighted by Gasteiger charge is -2.21. The smallest absolute Gasteiger partial charge is 0.222 e. The molecule has 2 aromatic carbocycles. The van der Waals surface area contributed by atoms with E-state index in [1.54, 1.807) is 12.4 Å². The second-order valence-corrected chi connectivity index (χ2v) is 14.8. The zero-order chi connectivity index (χ0) is 40.8. The van der Waals surface area contributed by atoms with Crippen molar-refractivity contribution in [2.24, 2.45) is 0 Å². The van der Waals surface area contributed by atoms with Gasteiger partial charge in [-0.25, -0.2) is 9.97 Å². The maximum Gasteiger partial charge on any atom is 0.222 e. The molecule has 2 aromatic heterocycles. The Morgan fingerprint density at radius 3 is 1.17 bits per heavy atom. The van der Waals surface area contributed by atoms with Gasteiger partial charge in [0, 0.05) is 24.5 Å². The molecule has 0 aliphatic heterocycles. The van der Waals surface area contributed by atoms with Crippen LogP contribution in [0, 0.1) is 0 Å². The number of nitrogens with zero attached hydrogens (tertiary/aromatic N) is 2. The van der Waals surface area contributed by atoms with E-state index in [-0.39, 0.29) is 22.0 Å². The van der Waals surface area contributed by atoms with Crippen molar-refractivity contribution in [3.8, 4) is 34.8 Å². The molecule has 0 N–H and O–H groups in total. The van der Waals surface area contributed by atoms with E-state index >= 15 is 0 Å². The predicted octanol–water partition coefficient (Wildman–Crippen LogP) is 14.8. The van der Waals surface area contributed by atoms with Gasteiger partial charge in [-0.3, -0.25) is 0 Å². The highest BCUT2D eigenvalue weighted by Crippen LogP contribution is 2.31. The third kappa shape index (κ3) is 21.3. The van der Waals surface area contributed by atoms with Crippen LogP contribution in [0.25, 0.3) is 0 Å². The van der Waals surface area contributed by atoms with E-state index < -0.39 is 0 Å². The molecule has 52 heavy (non-hydrogen) atoms. The van der Waals surface area contributed by atoms with Crippen molar-refractivity contribution >= 4 is 0 Å². The zero-order valence-electron chi connectivity index (χ0n) is 36.6. The molecule has 0 amide bonds. The summed E-state index contributed by atoms with van der Waals surface area (Å²) in [6.45, 7) is 41.1. The van der Waals surface area contributed by atoms with Crippen LogP contribution in [-0.4, -0.2) is 21.2 Å². The molecule has 4 aromatic rings. The van der Waals surface area contributed by atoms with Crippen molar-refractivity contribution in [3.63, 3.8) is 0 Å². The van der Waals surface area contributed by atoms with Gasteiger partial charge in [0.1, 0.15) is 34.2 Å². The third-order valence-electron chi connectivity index (χ3n) is 6.11. The fourth-order valence-corrected chi connectivity index (χ4v) is 4.00. The highest BCUT2D eigenvalue weighted by Gasteiger charge is 2.17. The van der Waals surface area contributed by atoms with Crippen molar-refractivity contribution in [2.75, 3.05) is 0 Å². The van der Waals surface area contributed by atoms with Crippen molar-refractivity contribution in [2.45, 2.75) is 161 Å². The summed E-state index contributed by atoms with van der Waals surface area (Å²) in [6, 6.07) is 23.6. The monoisotopic (exact) mass is 719 g/mol. The Kier molecular flexibility index (Phi) is 23.3. The number of pyridine rings is 2. The first-order valence-electron chi connectivity index (χ1n) is 19.1. The number of hydrogen-bond acceptors (Lipinski definition) is 6. The van der Waals surface area contributed by atoms with Crippen LogP contribution in [0.4, 0.5) is 0 Å². The van der Waals surface area contributed by atoms with Gasteiger partial charge in [0.15, 0.2) is 0 Å². The van der Waals surface area contributed by atoms with Gasteiger partial charge in [0.25, 0.3) is 0 Å². The minimum Gasteiger partial charge on any atom is -0.488 e. The Balaban J connectivity index is 0. The van der Waals surface area contributed by atoms with Gasteiger partial charge in [-0.05, 0) is 99.9 Å². The Labute approximate surface area is 319 Å². The maximum atomic E-state index is 5.95. The summed E-state index contributed by atoms with van der Waals surface area (Å²) in [5.74, 6) is 4.18. The third-order valence-corrected chi connectivity index (χ3v) is 6.11. The van der Waals surface area contributed by atoms with E-state index in [0.717, 1.165) is 23.0 Å². The van der Waals surface area contributed by atoms with Gasteiger partial charge in [-0.2, -0.15) is 0 Å². The Bertz CT molecular complexity index is 1390. The van der Waals surface area contributed by atoms with Crippen LogP contribution >= 0.6 is 0 Å². The summed E-state index contributed by atoms with van der Waals surface area (Å²) < 4.78 is 23.4. The van der Waals surface area contributed by atoms with E-state index in [4.69, 9.17) is 18.9 Å². The lowest BCUT2D eigenvalue weighted by atomic mass is 9.87. The van der Waals surface area contributed by atoms with E-state index in [9.17, 15) is 0 Å². The summed E-state index contributed by atoms with van der Waals surface area (Å²) in [7, 11) is 0. The van der Waals surface area contributed by atoms with E-state index in [1.165, 1.54) is 11.1 Å². The summed E-state index contributed by atoms with van der Waals surface area (Å²) in [4.78, 5) is 8.48. The minimum atomic E-state index is -0.280. The number of ether oxygens (including phenoxy) is 4. The van der Waals surface area contributed by atoms with Crippen LogP contribution < -0.4 is 18.9 Å². The van der Waals surface area contributed by atoms with Crippen molar-refractivity contribution in [1.29, 1.82) is 0 Å². The Morgan fingerprint density at radius 1 is 0.385 bits per heavy atom. The molecule has 6 nitrogen and oxygen atoms in total. The van der Waals surface area contributed by atoms with E-state index in [2.05, 4.69) is 75.8 Å². The second-order valence-electron chi connectivity index (χ2n) is 14.8. The number of hydrogen-bond donors (Lipinski definition) is 0. The minimum absolute atomic E-state index is 0.0873. The van der Waals surface area contributed by atoms with Gasteiger partial charge >= 0.3 is 0 Å². The lowest BCUT2D eigenvalue weighted by molar-refractivity contribution is 0.123. The standard InChI is InChI=1S/2C19H25NO2.4C2H6/c1-18(2,3)14-8-7-9-15(12-14)21-17-13-16(10-11-20-17)22-19(4,5)6;1-18(2,3)14-8-7-9-15(12-14)21-16-10-11-20-17(13-16)22-19(4,5)6;4*1-2/h2*7-13H,1-6H3;4*1-2H3. The molecule has 0 unspecified atom stereocenters. The van der Waals surface area contributed by atoms with Gasteiger partial charge in [0.05, 0.1) is 0 Å². The molecule has 0 aliphatic carbocycles. The largest absolute Gasteiger partial charge is 0.488 e. The van der Waals surface area contributed by atoms with Gasteiger partial charge in [-0.1, -0.05) is 121 Å². The Morgan fingerprint density at radius 2 is 0.750 bits per heavy atom. The van der Waals surface area contributed by atoms with Crippen molar-refractivity contribution < 1.29 is 18.9 Å². The lowest BCUT2D eigenvalue weighted by Crippen LogP contribution is -2.23. The van der Waals surface area contributed by atoms with Crippen LogP contribution in [0.15, 0.2) is 85.2 Å². The SMILES string of the molecule is CC.CC.CC.CC.CC(C)(C)Oc1cc(Oc2cccc(C(C)(C)C)c2)ccn1.CC(C)(C)Oc1ccnc(Oc2cccc(C(C)(C)C)c2)c1. The molecule has 6 heteroatoms. The molecule has 0 aliphatic rings. The fraction of sp³-hybridized carbons (Fsp3) is 0.522. The summed E-state index contributed by atoms with van der Waals surface area (Å²) >= 11 is 0. The highest BCUT2D eigenvalue weighted by molar-refractivity contribution is 5.38. The van der Waals surface area contributed by atoms with E-state index in [1.807, 2.05) is 145 Å². The molecule has 0 saturated carbocycles.